The Morgan fingerprint density at radius 1 is 1.33 bits per heavy atom. The number of ether oxygens (including phenoxy) is 1. The second kappa shape index (κ2) is 6.85. The second-order valence-electron chi connectivity index (χ2n) is 4.21. The molecule has 110 valence electrons. The zero-order chi connectivity index (χ0) is 15.2. The fourth-order valence-electron chi connectivity index (χ4n) is 1.62. The highest BCUT2D eigenvalue weighted by atomic mass is 32.1. The molecule has 2 rings (SSSR count). The van der Waals surface area contributed by atoms with E-state index in [1.165, 1.54) is 0 Å². The highest BCUT2D eigenvalue weighted by Crippen LogP contribution is 2.17. The third-order valence-electron chi connectivity index (χ3n) is 2.59. The van der Waals surface area contributed by atoms with Gasteiger partial charge in [-0.1, -0.05) is 18.2 Å². The lowest BCUT2D eigenvalue weighted by Crippen LogP contribution is -2.28. The van der Waals surface area contributed by atoms with Crippen molar-refractivity contribution < 1.29 is 19.4 Å². The summed E-state index contributed by atoms with van der Waals surface area (Å²) < 4.78 is 5.30. The molecule has 0 fully saturated rings. The molecule has 0 atom stereocenters. The Morgan fingerprint density at radius 2 is 2.05 bits per heavy atom. The third kappa shape index (κ3) is 4.28. The van der Waals surface area contributed by atoms with E-state index in [0.717, 1.165) is 11.3 Å². The predicted octanol–water partition coefficient (Wildman–Crippen LogP) is 1.84. The van der Waals surface area contributed by atoms with Gasteiger partial charge in [0, 0.05) is 0 Å². The van der Waals surface area contributed by atoms with Crippen LogP contribution in [0.25, 0.3) is 0 Å². The molecule has 0 aliphatic heterocycles. The zero-order valence-corrected chi connectivity index (χ0v) is 12.1. The first-order valence-corrected chi connectivity index (χ1v) is 7.02. The van der Waals surface area contributed by atoms with Crippen LogP contribution in [0.2, 0.25) is 0 Å². The molecule has 1 aromatic heterocycles. The molecule has 2 N–H and O–H groups in total. The van der Waals surface area contributed by atoms with Gasteiger partial charge in [0.15, 0.2) is 6.61 Å². The number of rotatable bonds is 6. The molecule has 0 aliphatic rings. The number of aromatic nitrogens is 1. The van der Waals surface area contributed by atoms with E-state index in [1.54, 1.807) is 19.1 Å². The van der Waals surface area contributed by atoms with Crippen LogP contribution in [0, 0.1) is 6.92 Å². The van der Waals surface area contributed by atoms with Gasteiger partial charge in [-0.05, 0) is 19.1 Å². The van der Waals surface area contributed by atoms with E-state index in [-0.39, 0.29) is 23.9 Å². The molecule has 0 spiro atoms. The Kier molecular flexibility index (Phi) is 4.89. The number of benzene rings is 1. The molecule has 21 heavy (non-hydrogen) atoms. The van der Waals surface area contributed by atoms with Crippen molar-refractivity contribution in [3.63, 3.8) is 0 Å². The van der Waals surface area contributed by atoms with E-state index < -0.39 is 5.97 Å². The van der Waals surface area contributed by atoms with Crippen LogP contribution in [0.15, 0.2) is 30.3 Å². The van der Waals surface area contributed by atoms with Gasteiger partial charge in [0.05, 0.1) is 12.2 Å². The molecule has 1 heterocycles. The highest BCUT2D eigenvalue weighted by Gasteiger charge is 2.14. The summed E-state index contributed by atoms with van der Waals surface area (Å²) in [6.07, 6.45) is 0. The van der Waals surface area contributed by atoms with Crippen LogP contribution in [0.1, 0.15) is 20.4 Å². The average Bonchev–Trinajstić information content (AvgIpc) is 2.85. The smallest absolute Gasteiger partial charge is 0.347 e. The molecule has 2 aromatic rings. The first-order valence-electron chi connectivity index (χ1n) is 6.20. The van der Waals surface area contributed by atoms with Crippen LogP contribution in [-0.4, -0.2) is 28.6 Å². The summed E-state index contributed by atoms with van der Waals surface area (Å²) in [6.45, 7) is 1.72. The van der Waals surface area contributed by atoms with Gasteiger partial charge in [0.2, 0.25) is 0 Å². The minimum atomic E-state index is -1.00. The summed E-state index contributed by atoms with van der Waals surface area (Å²) >= 11 is 1.06. The number of nitrogens with zero attached hydrogens (tertiary/aromatic N) is 1. The van der Waals surface area contributed by atoms with Crippen molar-refractivity contribution in [2.45, 2.75) is 13.5 Å². The normalized spacial score (nSPS) is 10.1. The summed E-state index contributed by atoms with van der Waals surface area (Å²) in [5, 5.41) is 12.1. The number of carbonyl (C=O) groups is 2. The number of carboxylic acids is 1. The number of aryl methyl sites for hydroxylation is 1. The SMILES string of the molecule is Cc1nc(CNC(=O)COc2ccccc2)sc1C(=O)O. The van der Waals surface area contributed by atoms with Crippen molar-refractivity contribution in [1.29, 1.82) is 0 Å². The minimum absolute atomic E-state index is 0.0971. The third-order valence-corrected chi connectivity index (χ3v) is 3.73. The Bertz CT molecular complexity index is 640. The molecule has 6 nitrogen and oxygen atoms in total. The van der Waals surface area contributed by atoms with E-state index in [9.17, 15) is 9.59 Å². The number of carbonyl (C=O) groups excluding carboxylic acids is 1. The maximum absolute atomic E-state index is 11.6. The molecule has 0 unspecified atom stereocenters. The van der Waals surface area contributed by atoms with Gasteiger partial charge in [-0.3, -0.25) is 4.79 Å². The van der Waals surface area contributed by atoms with Crippen LogP contribution in [0.4, 0.5) is 0 Å². The van der Waals surface area contributed by atoms with Crippen molar-refractivity contribution in [2.75, 3.05) is 6.61 Å². The number of hydrogen-bond donors (Lipinski definition) is 2. The number of thiazole rings is 1. The number of hydrogen-bond acceptors (Lipinski definition) is 5. The zero-order valence-electron chi connectivity index (χ0n) is 11.3. The van der Waals surface area contributed by atoms with Gasteiger partial charge in [0.1, 0.15) is 15.6 Å². The lowest BCUT2D eigenvalue weighted by Gasteiger charge is -2.06. The van der Waals surface area contributed by atoms with Crippen LogP contribution in [-0.2, 0) is 11.3 Å². The van der Waals surface area contributed by atoms with E-state index in [1.807, 2.05) is 18.2 Å². The summed E-state index contributed by atoms with van der Waals surface area (Å²) in [7, 11) is 0. The van der Waals surface area contributed by atoms with Crippen molar-refractivity contribution in [1.82, 2.24) is 10.3 Å². The monoisotopic (exact) mass is 306 g/mol. The molecule has 1 aromatic carbocycles. The molecular weight excluding hydrogens is 292 g/mol. The van der Waals surface area contributed by atoms with E-state index in [0.29, 0.717) is 16.5 Å². The molecule has 0 saturated heterocycles. The quantitative estimate of drug-likeness (QED) is 0.850. The van der Waals surface area contributed by atoms with Gasteiger partial charge >= 0.3 is 5.97 Å². The first-order chi connectivity index (χ1) is 10.1. The van der Waals surface area contributed by atoms with Gasteiger partial charge in [0.25, 0.3) is 5.91 Å². The second-order valence-corrected chi connectivity index (χ2v) is 5.29. The van der Waals surface area contributed by atoms with Crippen molar-refractivity contribution >= 4 is 23.2 Å². The predicted molar refractivity (Wildman–Crippen MR) is 77.6 cm³/mol. The van der Waals surface area contributed by atoms with Crippen LogP contribution in [0.3, 0.4) is 0 Å². The van der Waals surface area contributed by atoms with Crippen LogP contribution in [0.5, 0.6) is 5.75 Å². The summed E-state index contributed by atoms with van der Waals surface area (Å²) in [6, 6.07) is 9.02. The fraction of sp³-hybridized carbons (Fsp3) is 0.214. The molecule has 0 bridgehead atoms. The molecule has 0 aliphatic carbocycles. The summed E-state index contributed by atoms with van der Waals surface area (Å²) in [4.78, 5) is 26.8. The minimum Gasteiger partial charge on any atom is -0.484 e. The standard InChI is InChI=1S/C14H14N2O4S/c1-9-13(14(18)19)21-12(16-9)7-15-11(17)8-20-10-5-3-2-4-6-10/h2-6H,7-8H2,1H3,(H,15,17)(H,18,19). The largest absolute Gasteiger partial charge is 0.484 e. The van der Waals surface area contributed by atoms with Crippen LogP contribution < -0.4 is 10.1 Å². The molecule has 1 amide bonds. The molecule has 7 heteroatoms. The maximum Gasteiger partial charge on any atom is 0.347 e. The molecule has 0 saturated carbocycles. The fourth-order valence-corrected chi connectivity index (χ4v) is 2.46. The van der Waals surface area contributed by atoms with Gasteiger partial charge in [-0.2, -0.15) is 0 Å². The Labute approximate surface area is 125 Å². The van der Waals surface area contributed by atoms with Gasteiger partial charge < -0.3 is 15.2 Å². The lowest BCUT2D eigenvalue weighted by molar-refractivity contribution is -0.123. The van der Waals surface area contributed by atoms with Gasteiger partial charge in [-0.25, -0.2) is 9.78 Å². The molecule has 0 radical (unpaired) electrons. The lowest BCUT2D eigenvalue weighted by atomic mass is 10.3. The number of nitrogens with one attached hydrogen (secondary N) is 1. The topological polar surface area (TPSA) is 88.5 Å². The number of aromatic carboxylic acids is 1. The van der Waals surface area contributed by atoms with E-state index in [4.69, 9.17) is 9.84 Å². The van der Waals surface area contributed by atoms with Gasteiger partial charge in [-0.15, -0.1) is 11.3 Å². The Morgan fingerprint density at radius 3 is 2.67 bits per heavy atom. The van der Waals surface area contributed by atoms with Crippen LogP contribution >= 0.6 is 11.3 Å². The highest BCUT2D eigenvalue weighted by molar-refractivity contribution is 7.13. The average molecular weight is 306 g/mol. The number of carboxylic acid groups (broad SMARTS) is 1. The number of para-hydroxylation sites is 1. The number of amides is 1. The van der Waals surface area contributed by atoms with E-state index in [2.05, 4.69) is 10.3 Å². The van der Waals surface area contributed by atoms with Crippen molar-refractivity contribution in [3.8, 4) is 5.75 Å². The van der Waals surface area contributed by atoms with Crippen molar-refractivity contribution in [2.24, 2.45) is 0 Å². The Hall–Kier alpha value is -2.41. The van der Waals surface area contributed by atoms with Crippen molar-refractivity contribution in [3.05, 3.63) is 45.9 Å². The first kappa shape index (κ1) is 15.0. The molecular formula is C14H14N2O4S. The maximum atomic E-state index is 11.6. The summed E-state index contributed by atoms with van der Waals surface area (Å²) in [5.74, 6) is -0.676. The Balaban J connectivity index is 1.81. The van der Waals surface area contributed by atoms with E-state index >= 15 is 0 Å². The summed E-state index contributed by atoms with van der Waals surface area (Å²) in [5.41, 5.74) is 0.456.